The van der Waals surface area contributed by atoms with Gasteiger partial charge in [0.2, 0.25) is 5.91 Å². The third kappa shape index (κ3) is 3.91. The van der Waals surface area contributed by atoms with E-state index in [0.717, 1.165) is 50.3 Å². The van der Waals surface area contributed by atoms with E-state index in [4.69, 9.17) is 14.7 Å². The lowest BCUT2D eigenvalue weighted by Crippen LogP contribution is -2.49. The van der Waals surface area contributed by atoms with Gasteiger partial charge in [-0.2, -0.15) is 0 Å². The van der Waals surface area contributed by atoms with Crippen LogP contribution in [0.2, 0.25) is 0 Å². The Bertz CT molecular complexity index is 1230. The van der Waals surface area contributed by atoms with E-state index in [2.05, 4.69) is 19.2 Å². The third-order valence-electron chi connectivity index (χ3n) is 8.20. The van der Waals surface area contributed by atoms with Crippen molar-refractivity contribution in [1.82, 2.24) is 9.97 Å². The lowest BCUT2D eigenvalue weighted by molar-refractivity contribution is -0.113. The van der Waals surface area contributed by atoms with Gasteiger partial charge >= 0.3 is 0 Å². The minimum absolute atomic E-state index is 0.0361. The Labute approximate surface area is 209 Å². The fraction of sp³-hybridized carbons (Fsp3) is 0.519. The Hall–Kier alpha value is -2.12. The summed E-state index contributed by atoms with van der Waals surface area (Å²) >= 11 is 3.32. The number of nitrogens with zero attached hydrogens (tertiary/aromatic N) is 2. The molecule has 178 valence electrons. The smallest absolute Gasteiger partial charge is 0.234 e. The van der Waals surface area contributed by atoms with Crippen LogP contribution >= 0.6 is 23.1 Å². The van der Waals surface area contributed by atoms with Crippen molar-refractivity contribution in [1.29, 1.82) is 0 Å². The molecule has 3 aromatic rings. The Morgan fingerprint density at radius 3 is 2.53 bits per heavy atom. The van der Waals surface area contributed by atoms with Crippen molar-refractivity contribution in [3.05, 3.63) is 40.5 Å². The molecule has 0 aliphatic heterocycles. The highest BCUT2D eigenvalue weighted by atomic mass is 32.2. The van der Waals surface area contributed by atoms with E-state index < -0.39 is 0 Å². The zero-order valence-corrected chi connectivity index (χ0v) is 21.7. The number of fused-ring (bicyclic) bond motifs is 1. The summed E-state index contributed by atoms with van der Waals surface area (Å²) in [6.45, 7) is 4.32. The van der Waals surface area contributed by atoms with Gasteiger partial charge in [-0.05, 0) is 87.8 Å². The first-order chi connectivity index (χ1) is 16.4. The third-order valence-corrected chi connectivity index (χ3v) is 10.3. The Kier molecular flexibility index (Phi) is 5.60. The number of aryl methyl sites for hydroxylation is 2. The number of aromatic nitrogens is 2. The van der Waals surface area contributed by atoms with Gasteiger partial charge < -0.3 is 10.1 Å². The van der Waals surface area contributed by atoms with Crippen molar-refractivity contribution < 1.29 is 9.53 Å². The Balaban J connectivity index is 1.29. The molecule has 7 rings (SSSR count). The van der Waals surface area contributed by atoms with Crippen molar-refractivity contribution in [3.8, 4) is 5.75 Å². The van der Waals surface area contributed by atoms with E-state index in [9.17, 15) is 4.79 Å². The number of rotatable bonds is 6. The van der Waals surface area contributed by atoms with Crippen molar-refractivity contribution in [2.75, 3.05) is 18.2 Å². The van der Waals surface area contributed by atoms with Crippen LogP contribution < -0.4 is 10.1 Å². The Morgan fingerprint density at radius 1 is 1.15 bits per heavy atom. The van der Waals surface area contributed by atoms with Gasteiger partial charge in [0, 0.05) is 27.4 Å². The molecule has 0 unspecified atom stereocenters. The molecule has 0 saturated heterocycles. The topological polar surface area (TPSA) is 64.1 Å². The van der Waals surface area contributed by atoms with Gasteiger partial charge in [-0.3, -0.25) is 4.79 Å². The molecule has 4 aliphatic carbocycles. The number of nitrogens with one attached hydrogen (secondary N) is 1. The van der Waals surface area contributed by atoms with Gasteiger partial charge in [-0.1, -0.05) is 17.8 Å². The van der Waals surface area contributed by atoms with E-state index in [1.165, 1.54) is 49.0 Å². The summed E-state index contributed by atoms with van der Waals surface area (Å²) in [4.78, 5) is 25.6. The fourth-order valence-corrected chi connectivity index (χ4v) is 8.95. The SMILES string of the molecule is COc1cccc(NC(=O)CSc2nc(C34CC5CC(CC(C5)C3)C4)nc3sc(C)c(C)c23)c1. The van der Waals surface area contributed by atoms with E-state index in [1.807, 2.05) is 24.3 Å². The molecule has 34 heavy (non-hydrogen) atoms. The van der Waals surface area contributed by atoms with Gasteiger partial charge in [0.1, 0.15) is 21.4 Å². The van der Waals surface area contributed by atoms with Crippen molar-refractivity contribution in [3.63, 3.8) is 0 Å². The molecule has 4 fully saturated rings. The quantitative estimate of drug-likeness (QED) is 0.313. The van der Waals surface area contributed by atoms with E-state index in [1.54, 1.807) is 30.2 Å². The number of methoxy groups -OCH3 is 1. The van der Waals surface area contributed by atoms with Crippen LogP contribution in [0.5, 0.6) is 5.75 Å². The molecule has 0 spiro atoms. The van der Waals surface area contributed by atoms with Gasteiger partial charge in [-0.25, -0.2) is 9.97 Å². The molecule has 5 nitrogen and oxygen atoms in total. The molecule has 1 amide bonds. The van der Waals surface area contributed by atoms with Crippen LogP contribution in [0.15, 0.2) is 29.3 Å². The largest absolute Gasteiger partial charge is 0.497 e. The second kappa shape index (κ2) is 8.52. The molecule has 4 saturated carbocycles. The molecular weight excluding hydrogens is 462 g/mol. The van der Waals surface area contributed by atoms with Crippen molar-refractivity contribution >= 4 is 44.9 Å². The summed E-state index contributed by atoms with van der Waals surface area (Å²) in [7, 11) is 1.63. The second-order valence-corrected chi connectivity index (χ2v) is 12.7. The van der Waals surface area contributed by atoms with Crippen molar-refractivity contribution in [2.24, 2.45) is 17.8 Å². The van der Waals surface area contributed by atoms with Crippen LogP contribution in [0.4, 0.5) is 5.69 Å². The predicted molar refractivity (Wildman–Crippen MR) is 139 cm³/mol. The summed E-state index contributed by atoms with van der Waals surface area (Å²) in [5.74, 6) is 4.61. The first kappa shape index (κ1) is 22.4. The fourth-order valence-electron chi connectivity index (χ4n) is 6.97. The van der Waals surface area contributed by atoms with Crippen LogP contribution in [0.25, 0.3) is 10.2 Å². The minimum atomic E-state index is -0.0361. The summed E-state index contributed by atoms with van der Waals surface area (Å²) in [5, 5.41) is 5.10. The highest BCUT2D eigenvalue weighted by Crippen LogP contribution is 2.60. The molecule has 1 aromatic carbocycles. The van der Waals surface area contributed by atoms with E-state index >= 15 is 0 Å². The van der Waals surface area contributed by atoms with Crippen LogP contribution in [-0.2, 0) is 10.2 Å². The van der Waals surface area contributed by atoms with Gasteiger partial charge in [0.15, 0.2) is 0 Å². The molecule has 4 aliphatic rings. The lowest BCUT2D eigenvalue weighted by atomic mass is 9.49. The number of amides is 1. The maximum absolute atomic E-state index is 12.8. The maximum Gasteiger partial charge on any atom is 0.234 e. The number of carbonyl (C=O) groups is 1. The first-order valence-electron chi connectivity index (χ1n) is 12.3. The molecule has 0 atom stereocenters. The number of anilines is 1. The molecule has 4 bridgehead atoms. The summed E-state index contributed by atoms with van der Waals surface area (Å²) in [5.41, 5.74) is 2.13. The monoisotopic (exact) mass is 493 g/mol. The lowest BCUT2D eigenvalue weighted by Gasteiger charge is -2.56. The standard InChI is InChI=1S/C27H31N3O2S2/c1-15-16(2)34-25-23(15)24(33-14-22(31)28-20-5-4-6-21(10-20)32-3)29-26(30-25)27-11-17-7-18(12-27)9-19(8-17)13-27/h4-6,10,17-19H,7-9,11-14H2,1-3H3,(H,28,31). The summed E-state index contributed by atoms with van der Waals surface area (Å²) in [6, 6.07) is 7.47. The van der Waals surface area contributed by atoms with Crippen LogP contribution in [0, 0.1) is 31.6 Å². The molecule has 7 heteroatoms. The maximum atomic E-state index is 12.8. The number of benzene rings is 1. The Morgan fingerprint density at radius 2 is 1.85 bits per heavy atom. The molecule has 0 radical (unpaired) electrons. The molecule has 2 aromatic heterocycles. The van der Waals surface area contributed by atoms with Crippen molar-refractivity contribution in [2.45, 2.75) is 62.8 Å². The number of thiophene rings is 1. The zero-order chi connectivity index (χ0) is 23.4. The number of ether oxygens (including phenoxy) is 1. The average Bonchev–Trinajstić information content (AvgIpc) is 3.10. The van der Waals surface area contributed by atoms with Crippen LogP contribution in [0.3, 0.4) is 0 Å². The molecule has 2 heterocycles. The average molecular weight is 494 g/mol. The van der Waals surface area contributed by atoms with Gasteiger partial charge in [0.25, 0.3) is 0 Å². The normalized spacial score (nSPS) is 27.3. The number of carbonyl (C=O) groups excluding carboxylic acids is 1. The van der Waals surface area contributed by atoms with E-state index in [0.29, 0.717) is 5.75 Å². The molecular formula is C27H31N3O2S2. The molecule has 1 N–H and O–H groups in total. The summed E-state index contributed by atoms with van der Waals surface area (Å²) < 4.78 is 5.27. The van der Waals surface area contributed by atoms with E-state index in [-0.39, 0.29) is 11.3 Å². The number of hydrogen-bond donors (Lipinski definition) is 1. The highest BCUT2D eigenvalue weighted by molar-refractivity contribution is 8.00. The van der Waals surface area contributed by atoms with Crippen LogP contribution in [-0.4, -0.2) is 28.7 Å². The van der Waals surface area contributed by atoms with Crippen LogP contribution in [0.1, 0.15) is 54.8 Å². The highest BCUT2D eigenvalue weighted by Gasteiger charge is 2.53. The number of thioether (sulfide) groups is 1. The minimum Gasteiger partial charge on any atom is -0.497 e. The predicted octanol–water partition coefficient (Wildman–Crippen LogP) is 6.52. The summed E-state index contributed by atoms with van der Waals surface area (Å²) in [6.07, 6.45) is 7.96. The zero-order valence-electron chi connectivity index (χ0n) is 20.0. The second-order valence-electron chi connectivity index (χ2n) is 10.6. The number of hydrogen-bond acceptors (Lipinski definition) is 6. The van der Waals surface area contributed by atoms with Gasteiger partial charge in [-0.15, -0.1) is 11.3 Å². The van der Waals surface area contributed by atoms with Gasteiger partial charge in [0.05, 0.1) is 12.9 Å². The first-order valence-corrected chi connectivity index (χ1v) is 14.1.